The summed E-state index contributed by atoms with van der Waals surface area (Å²) in [6, 6.07) is 3.74. The molecule has 2 fully saturated rings. The molecule has 166 valence electrons. The fourth-order valence-corrected chi connectivity index (χ4v) is 4.56. The number of para-hydroxylation sites is 1. The predicted octanol–water partition coefficient (Wildman–Crippen LogP) is 3.07. The highest BCUT2D eigenvalue weighted by Crippen LogP contribution is 2.40. The van der Waals surface area contributed by atoms with Gasteiger partial charge < -0.3 is 10.2 Å². The van der Waals surface area contributed by atoms with Crippen molar-refractivity contribution in [3.8, 4) is 5.69 Å². The van der Waals surface area contributed by atoms with E-state index in [4.69, 9.17) is 0 Å². The fourth-order valence-electron chi connectivity index (χ4n) is 4.56. The highest BCUT2D eigenvalue weighted by atomic mass is 19.4. The molecule has 8 nitrogen and oxygen atoms in total. The summed E-state index contributed by atoms with van der Waals surface area (Å²) in [6.07, 6.45) is 2.04. The molecule has 2 aliphatic rings. The zero-order valence-electron chi connectivity index (χ0n) is 16.5. The molecular weight excluding hydrogens is 430 g/mol. The molecule has 1 aromatic carbocycles. The summed E-state index contributed by atoms with van der Waals surface area (Å²) in [5.41, 5.74) is -0.946. The third-order valence-corrected chi connectivity index (χ3v) is 5.88. The zero-order valence-corrected chi connectivity index (χ0v) is 16.5. The summed E-state index contributed by atoms with van der Waals surface area (Å²) in [5.74, 6) is -0.754. The fraction of sp³-hybridized carbons (Fsp3) is 0.350. The van der Waals surface area contributed by atoms with Crippen LogP contribution in [0.2, 0.25) is 0 Å². The topological polar surface area (TPSA) is 88.8 Å². The summed E-state index contributed by atoms with van der Waals surface area (Å²) in [5, 5.41) is 11.0. The first kappa shape index (κ1) is 20.3. The Hall–Kier alpha value is -3.57. The lowest BCUT2D eigenvalue weighted by molar-refractivity contribution is -0.141. The van der Waals surface area contributed by atoms with Crippen molar-refractivity contribution in [1.29, 1.82) is 0 Å². The van der Waals surface area contributed by atoms with Crippen LogP contribution in [0.5, 0.6) is 0 Å². The number of hydrogen-bond donors (Lipinski definition) is 1. The summed E-state index contributed by atoms with van der Waals surface area (Å²) in [6.45, 7) is 0. The Kier molecular flexibility index (Phi) is 4.79. The second-order valence-corrected chi connectivity index (χ2v) is 7.74. The lowest BCUT2D eigenvalue weighted by atomic mass is 9.95. The van der Waals surface area contributed by atoms with Gasteiger partial charge in [-0.05, 0) is 31.4 Å². The molecule has 5 rings (SSSR count). The van der Waals surface area contributed by atoms with Crippen molar-refractivity contribution in [1.82, 2.24) is 29.9 Å². The maximum Gasteiger partial charge on any atom is 0.434 e. The van der Waals surface area contributed by atoms with Crippen LogP contribution in [0, 0.1) is 5.82 Å². The average molecular weight is 447 g/mol. The lowest BCUT2D eigenvalue weighted by Gasteiger charge is -2.26. The first-order chi connectivity index (χ1) is 15.3. The largest absolute Gasteiger partial charge is 0.434 e. The van der Waals surface area contributed by atoms with E-state index in [1.54, 1.807) is 4.90 Å². The average Bonchev–Trinajstić information content (AvgIpc) is 3.49. The van der Waals surface area contributed by atoms with Gasteiger partial charge >= 0.3 is 6.18 Å². The molecule has 2 aliphatic heterocycles. The van der Waals surface area contributed by atoms with Gasteiger partial charge in [0, 0.05) is 6.04 Å². The van der Waals surface area contributed by atoms with Gasteiger partial charge in [0.05, 0.1) is 42.4 Å². The molecule has 12 heteroatoms. The van der Waals surface area contributed by atoms with Gasteiger partial charge in [-0.1, -0.05) is 6.07 Å². The van der Waals surface area contributed by atoms with E-state index < -0.39 is 17.7 Å². The predicted molar refractivity (Wildman–Crippen MR) is 103 cm³/mol. The first-order valence-corrected chi connectivity index (χ1v) is 9.96. The van der Waals surface area contributed by atoms with E-state index in [0.717, 1.165) is 17.4 Å². The van der Waals surface area contributed by atoms with Crippen molar-refractivity contribution in [2.45, 2.75) is 43.6 Å². The molecule has 3 atom stereocenters. The number of aromatic nitrogens is 5. The highest BCUT2D eigenvalue weighted by molar-refractivity contribution is 5.98. The molecule has 1 N–H and O–H groups in total. The first-order valence-electron chi connectivity index (χ1n) is 9.96. The molecule has 32 heavy (non-hydrogen) atoms. The number of hydrogen-bond acceptors (Lipinski definition) is 6. The molecule has 1 amide bonds. The Morgan fingerprint density at radius 3 is 2.56 bits per heavy atom. The third-order valence-electron chi connectivity index (χ3n) is 5.88. The third kappa shape index (κ3) is 3.45. The number of rotatable bonds is 4. The minimum Gasteiger partial charge on any atom is -0.364 e. The number of carbonyl (C=O) groups excluding carboxylic acids is 1. The van der Waals surface area contributed by atoms with Gasteiger partial charge in [-0.25, -0.2) is 14.4 Å². The molecule has 0 radical (unpaired) electrons. The van der Waals surface area contributed by atoms with E-state index in [1.807, 2.05) is 0 Å². The van der Waals surface area contributed by atoms with Crippen molar-refractivity contribution < 1.29 is 22.4 Å². The highest BCUT2D eigenvalue weighted by Gasteiger charge is 2.49. The Balaban J connectivity index is 1.38. The Bertz CT molecular complexity index is 1130. The van der Waals surface area contributed by atoms with E-state index in [1.165, 1.54) is 30.6 Å². The number of nitrogens with one attached hydrogen (secondary N) is 1. The molecule has 3 aromatic rings. The summed E-state index contributed by atoms with van der Waals surface area (Å²) in [7, 11) is 0. The molecule has 0 saturated carbocycles. The normalized spacial score (nSPS) is 22.4. The van der Waals surface area contributed by atoms with Gasteiger partial charge in [0.1, 0.15) is 11.5 Å². The Morgan fingerprint density at radius 1 is 1.09 bits per heavy atom. The number of anilines is 1. The minimum absolute atomic E-state index is 0.0214. The molecule has 0 spiro atoms. The van der Waals surface area contributed by atoms with E-state index in [9.17, 15) is 22.4 Å². The van der Waals surface area contributed by atoms with Gasteiger partial charge in [-0.3, -0.25) is 4.79 Å². The smallest absolute Gasteiger partial charge is 0.364 e. The molecule has 2 saturated heterocycles. The number of nitrogens with zero attached hydrogens (tertiary/aromatic N) is 6. The molecule has 0 aliphatic carbocycles. The molecule has 2 bridgehead atoms. The van der Waals surface area contributed by atoms with Crippen LogP contribution in [-0.2, 0) is 6.18 Å². The van der Waals surface area contributed by atoms with Crippen LogP contribution >= 0.6 is 0 Å². The second-order valence-electron chi connectivity index (χ2n) is 7.74. The quantitative estimate of drug-likeness (QED) is 0.619. The lowest BCUT2D eigenvalue weighted by Crippen LogP contribution is -2.40. The standard InChI is InChI=1S/C20H17F4N7O/c21-13-3-1-2-12(18(13)31-27-6-7-28-31)19(32)30-11-4-5-15(30)14(8-11)29-17-10-25-16(9-26-17)20(22,23)24/h1-3,6-7,9-11,14-15H,4-5,8H2,(H,26,29)/t11-,14-,15+/m1/s1. The van der Waals surface area contributed by atoms with Gasteiger partial charge in [0.25, 0.3) is 5.91 Å². The van der Waals surface area contributed by atoms with E-state index in [-0.39, 0.29) is 41.1 Å². The maximum absolute atomic E-state index is 14.6. The minimum atomic E-state index is -4.56. The van der Waals surface area contributed by atoms with Crippen LogP contribution in [0.1, 0.15) is 35.3 Å². The Labute approximate surface area is 179 Å². The van der Waals surface area contributed by atoms with Gasteiger partial charge in [-0.2, -0.15) is 23.4 Å². The van der Waals surface area contributed by atoms with Crippen molar-refractivity contribution >= 4 is 11.7 Å². The van der Waals surface area contributed by atoms with E-state index in [2.05, 4.69) is 25.5 Å². The van der Waals surface area contributed by atoms with Crippen LogP contribution in [-0.4, -0.2) is 53.9 Å². The van der Waals surface area contributed by atoms with E-state index in [0.29, 0.717) is 19.0 Å². The molecule has 0 unspecified atom stereocenters. The molecular formula is C20H17F4N7O. The van der Waals surface area contributed by atoms with Crippen molar-refractivity contribution in [2.75, 3.05) is 5.32 Å². The Morgan fingerprint density at radius 2 is 1.88 bits per heavy atom. The second kappa shape index (κ2) is 7.53. The van der Waals surface area contributed by atoms with Gasteiger partial charge in [0.2, 0.25) is 0 Å². The SMILES string of the molecule is O=C(c1cccc(F)c1-n1nccn1)N1[C@@H]2CC[C@H]1[C@H](Nc1cnc(C(F)(F)F)cn1)C2. The number of carbonyl (C=O) groups is 1. The number of alkyl halides is 3. The number of halogens is 4. The van der Waals surface area contributed by atoms with Crippen LogP contribution in [0.4, 0.5) is 23.4 Å². The van der Waals surface area contributed by atoms with Crippen LogP contribution in [0.15, 0.2) is 43.0 Å². The van der Waals surface area contributed by atoms with Crippen LogP contribution in [0.25, 0.3) is 5.69 Å². The zero-order chi connectivity index (χ0) is 22.5. The van der Waals surface area contributed by atoms with Crippen molar-refractivity contribution in [3.63, 3.8) is 0 Å². The number of fused-ring (bicyclic) bond motifs is 2. The van der Waals surface area contributed by atoms with E-state index >= 15 is 0 Å². The number of benzene rings is 1. The van der Waals surface area contributed by atoms with Crippen molar-refractivity contribution in [3.05, 3.63) is 60.1 Å². The summed E-state index contributed by atoms with van der Waals surface area (Å²) < 4.78 is 52.7. The van der Waals surface area contributed by atoms with Gasteiger partial charge in [0.15, 0.2) is 11.5 Å². The van der Waals surface area contributed by atoms with Crippen molar-refractivity contribution in [2.24, 2.45) is 0 Å². The summed E-state index contributed by atoms with van der Waals surface area (Å²) >= 11 is 0. The molecule has 2 aromatic heterocycles. The van der Waals surface area contributed by atoms with Crippen LogP contribution < -0.4 is 5.32 Å². The summed E-state index contributed by atoms with van der Waals surface area (Å²) in [4.78, 5) is 23.5. The number of amides is 1. The maximum atomic E-state index is 14.6. The van der Waals surface area contributed by atoms with Gasteiger partial charge in [-0.15, -0.1) is 4.80 Å². The molecule has 4 heterocycles. The van der Waals surface area contributed by atoms with Crippen LogP contribution in [0.3, 0.4) is 0 Å². The monoisotopic (exact) mass is 447 g/mol.